The summed E-state index contributed by atoms with van der Waals surface area (Å²) in [7, 11) is 3.19. The Morgan fingerprint density at radius 2 is 1.81 bits per heavy atom. The van der Waals surface area contributed by atoms with Crippen LogP contribution in [0, 0.1) is 17.7 Å². The van der Waals surface area contributed by atoms with E-state index in [1.165, 1.54) is 12.1 Å². The van der Waals surface area contributed by atoms with E-state index < -0.39 is 5.92 Å². The highest BCUT2D eigenvalue weighted by Gasteiger charge is 2.44. The van der Waals surface area contributed by atoms with Gasteiger partial charge in [0.05, 0.1) is 20.1 Å². The van der Waals surface area contributed by atoms with Crippen LogP contribution in [-0.4, -0.2) is 44.0 Å². The van der Waals surface area contributed by atoms with Crippen LogP contribution in [0.3, 0.4) is 0 Å². The molecule has 0 bridgehead atoms. The fourth-order valence-electron chi connectivity index (χ4n) is 4.20. The molecule has 1 aliphatic carbocycles. The lowest BCUT2D eigenvalue weighted by Gasteiger charge is -2.21. The van der Waals surface area contributed by atoms with Gasteiger partial charge in [-0.2, -0.15) is 0 Å². The van der Waals surface area contributed by atoms with Crippen LogP contribution in [0.4, 0.5) is 4.39 Å². The molecule has 2 amide bonds. The summed E-state index contributed by atoms with van der Waals surface area (Å²) >= 11 is 0. The summed E-state index contributed by atoms with van der Waals surface area (Å²) in [6.45, 7) is 1.14. The summed E-state index contributed by atoms with van der Waals surface area (Å²) in [5.41, 5.74) is 1.67. The molecule has 164 valence electrons. The Kier molecular flexibility index (Phi) is 6.11. The Bertz CT molecular complexity index is 959. The normalized spacial score (nSPS) is 20.4. The minimum Gasteiger partial charge on any atom is -0.497 e. The summed E-state index contributed by atoms with van der Waals surface area (Å²) in [5.74, 6) is 0.492. The van der Waals surface area contributed by atoms with Gasteiger partial charge in [-0.25, -0.2) is 4.39 Å². The largest absolute Gasteiger partial charge is 0.497 e. The number of hydrogen-bond donors (Lipinski definition) is 1. The number of hydrogen-bond acceptors (Lipinski definition) is 4. The van der Waals surface area contributed by atoms with Crippen molar-refractivity contribution in [1.29, 1.82) is 0 Å². The number of likely N-dealkylation sites (tertiary alicyclic amines) is 1. The number of ether oxygens (including phenoxy) is 2. The number of methoxy groups -OCH3 is 2. The predicted molar refractivity (Wildman–Crippen MR) is 113 cm³/mol. The van der Waals surface area contributed by atoms with Crippen molar-refractivity contribution >= 4 is 11.8 Å². The highest BCUT2D eigenvalue weighted by molar-refractivity contribution is 5.85. The van der Waals surface area contributed by atoms with Gasteiger partial charge in [-0.15, -0.1) is 0 Å². The summed E-state index contributed by atoms with van der Waals surface area (Å²) in [6.07, 6.45) is 1.84. The molecule has 1 N–H and O–H groups in total. The third-order valence-corrected chi connectivity index (χ3v) is 6.11. The summed E-state index contributed by atoms with van der Waals surface area (Å²) in [4.78, 5) is 27.7. The van der Waals surface area contributed by atoms with E-state index in [0.29, 0.717) is 31.1 Å². The first kappa shape index (κ1) is 21.2. The zero-order valence-electron chi connectivity index (χ0n) is 17.8. The zero-order valence-corrected chi connectivity index (χ0v) is 17.8. The van der Waals surface area contributed by atoms with Gasteiger partial charge in [0.15, 0.2) is 0 Å². The van der Waals surface area contributed by atoms with Crippen LogP contribution in [-0.2, 0) is 16.1 Å². The molecule has 4 rings (SSSR count). The number of carbonyl (C=O) groups excluding carboxylic acids is 2. The average molecular weight is 426 g/mol. The maximum Gasteiger partial charge on any atom is 0.225 e. The molecule has 2 aliphatic rings. The van der Waals surface area contributed by atoms with E-state index >= 15 is 0 Å². The maximum atomic E-state index is 13.2. The fourth-order valence-corrected chi connectivity index (χ4v) is 4.20. The third-order valence-electron chi connectivity index (χ3n) is 6.11. The highest BCUT2D eigenvalue weighted by atomic mass is 19.1. The van der Waals surface area contributed by atoms with Crippen molar-refractivity contribution in [2.75, 3.05) is 27.3 Å². The van der Waals surface area contributed by atoms with Crippen molar-refractivity contribution in [3.63, 3.8) is 0 Å². The monoisotopic (exact) mass is 426 g/mol. The number of benzene rings is 2. The maximum absolute atomic E-state index is 13.2. The van der Waals surface area contributed by atoms with Crippen molar-refractivity contribution in [2.45, 2.75) is 25.3 Å². The number of amides is 2. The SMILES string of the molecule is COc1ccc(OC)c([C@@H]2CN(C(=O)C3CC3)C[C@H]2C(=O)NCc2ccc(F)cc2)c1. The third kappa shape index (κ3) is 4.65. The van der Waals surface area contributed by atoms with Gasteiger partial charge in [0.1, 0.15) is 17.3 Å². The molecule has 2 atom stereocenters. The van der Waals surface area contributed by atoms with E-state index in [1.807, 2.05) is 23.1 Å². The zero-order chi connectivity index (χ0) is 22.0. The molecule has 0 radical (unpaired) electrons. The first-order valence-corrected chi connectivity index (χ1v) is 10.5. The lowest BCUT2D eigenvalue weighted by Crippen LogP contribution is -2.35. The molecular weight excluding hydrogens is 399 g/mol. The second kappa shape index (κ2) is 8.96. The molecule has 1 saturated carbocycles. The Labute approximate surface area is 181 Å². The van der Waals surface area contributed by atoms with E-state index in [0.717, 1.165) is 24.0 Å². The van der Waals surface area contributed by atoms with Crippen LogP contribution in [0.1, 0.15) is 29.9 Å². The van der Waals surface area contributed by atoms with Gasteiger partial charge in [-0.1, -0.05) is 12.1 Å². The van der Waals surface area contributed by atoms with Gasteiger partial charge in [0.25, 0.3) is 0 Å². The molecule has 1 aliphatic heterocycles. The number of nitrogens with one attached hydrogen (secondary N) is 1. The van der Waals surface area contributed by atoms with Crippen molar-refractivity contribution in [2.24, 2.45) is 11.8 Å². The molecule has 2 aromatic rings. The quantitative estimate of drug-likeness (QED) is 0.739. The number of carbonyl (C=O) groups is 2. The summed E-state index contributed by atoms with van der Waals surface area (Å²) in [5, 5.41) is 2.96. The second-order valence-corrected chi connectivity index (χ2v) is 8.18. The van der Waals surface area contributed by atoms with Crippen LogP contribution in [0.25, 0.3) is 0 Å². The summed E-state index contributed by atoms with van der Waals surface area (Å²) < 4.78 is 24.1. The van der Waals surface area contributed by atoms with Crippen LogP contribution in [0.2, 0.25) is 0 Å². The van der Waals surface area contributed by atoms with Gasteiger partial charge in [-0.3, -0.25) is 9.59 Å². The lowest BCUT2D eigenvalue weighted by atomic mass is 9.87. The molecule has 0 aromatic heterocycles. The molecule has 1 heterocycles. The topological polar surface area (TPSA) is 67.9 Å². The minimum absolute atomic E-state index is 0.0916. The van der Waals surface area contributed by atoms with Crippen LogP contribution in [0.5, 0.6) is 11.5 Å². The first-order chi connectivity index (χ1) is 15.0. The van der Waals surface area contributed by atoms with E-state index in [-0.39, 0.29) is 29.5 Å². The van der Waals surface area contributed by atoms with Gasteiger partial charge in [-0.05, 0) is 48.7 Å². The molecule has 6 nitrogen and oxygen atoms in total. The number of halogens is 1. The molecule has 0 spiro atoms. The van der Waals surface area contributed by atoms with Crippen molar-refractivity contribution in [1.82, 2.24) is 10.2 Å². The minimum atomic E-state index is -0.413. The second-order valence-electron chi connectivity index (χ2n) is 8.18. The van der Waals surface area contributed by atoms with Crippen LogP contribution < -0.4 is 14.8 Å². The van der Waals surface area contributed by atoms with Gasteiger partial charge < -0.3 is 19.7 Å². The molecule has 7 heteroatoms. The highest BCUT2D eigenvalue weighted by Crippen LogP contribution is 2.41. The smallest absolute Gasteiger partial charge is 0.225 e. The molecule has 2 fully saturated rings. The Balaban J connectivity index is 1.57. The van der Waals surface area contributed by atoms with Gasteiger partial charge in [0, 0.05) is 37.0 Å². The van der Waals surface area contributed by atoms with Crippen molar-refractivity contribution in [3.05, 3.63) is 59.4 Å². The molecular formula is C24H27FN2O4. The lowest BCUT2D eigenvalue weighted by molar-refractivity contribution is -0.132. The van der Waals surface area contributed by atoms with Crippen LogP contribution >= 0.6 is 0 Å². The van der Waals surface area contributed by atoms with Crippen molar-refractivity contribution in [3.8, 4) is 11.5 Å². The predicted octanol–water partition coefficient (Wildman–Crippen LogP) is 3.11. The fraction of sp³-hybridized carbons (Fsp3) is 0.417. The van der Waals surface area contributed by atoms with Crippen LogP contribution in [0.15, 0.2) is 42.5 Å². The number of nitrogens with zero attached hydrogens (tertiary/aromatic N) is 1. The average Bonchev–Trinajstić information content (AvgIpc) is 3.55. The molecule has 31 heavy (non-hydrogen) atoms. The summed E-state index contributed by atoms with van der Waals surface area (Å²) in [6, 6.07) is 11.6. The number of rotatable bonds is 7. The van der Waals surface area contributed by atoms with Gasteiger partial charge in [0.2, 0.25) is 11.8 Å². The van der Waals surface area contributed by atoms with E-state index in [1.54, 1.807) is 26.4 Å². The Hall–Kier alpha value is -3.09. The standard InChI is InChI=1S/C24H27FN2O4/c1-30-18-9-10-22(31-2)19(11-18)20-13-27(24(29)16-5-6-16)14-21(20)23(28)26-12-15-3-7-17(25)8-4-15/h3-4,7-11,16,20-21H,5-6,12-14H2,1-2H3,(H,26,28)/t20-,21+/m0/s1. The Morgan fingerprint density at radius 3 is 2.45 bits per heavy atom. The Morgan fingerprint density at radius 1 is 1.06 bits per heavy atom. The van der Waals surface area contributed by atoms with E-state index in [4.69, 9.17) is 9.47 Å². The first-order valence-electron chi connectivity index (χ1n) is 10.5. The molecule has 0 unspecified atom stereocenters. The van der Waals surface area contributed by atoms with E-state index in [9.17, 15) is 14.0 Å². The molecule has 1 saturated heterocycles. The molecule has 2 aromatic carbocycles. The van der Waals surface area contributed by atoms with Gasteiger partial charge >= 0.3 is 0 Å². The van der Waals surface area contributed by atoms with E-state index in [2.05, 4.69) is 5.32 Å². The van der Waals surface area contributed by atoms with Crippen molar-refractivity contribution < 1.29 is 23.5 Å².